The van der Waals surface area contributed by atoms with Crippen LogP contribution in [0.3, 0.4) is 0 Å². The zero-order chi connectivity index (χ0) is 31.5. The molecule has 0 bridgehead atoms. The van der Waals surface area contributed by atoms with Gasteiger partial charge >= 0.3 is 12.1 Å². The highest BCUT2D eigenvalue weighted by molar-refractivity contribution is 8.00. The number of aliphatic carboxylic acids is 1. The van der Waals surface area contributed by atoms with E-state index in [0.717, 1.165) is 55.4 Å². The maximum absolute atomic E-state index is 14.1. The Morgan fingerprint density at radius 3 is 2.56 bits per heavy atom. The lowest BCUT2D eigenvalue weighted by atomic mass is 9.82. The van der Waals surface area contributed by atoms with Gasteiger partial charge in [-0.05, 0) is 88.6 Å². The second-order valence-electron chi connectivity index (χ2n) is 12.3. The summed E-state index contributed by atoms with van der Waals surface area (Å²) in [5.41, 5.74) is 1.55. The van der Waals surface area contributed by atoms with Gasteiger partial charge in [-0.3, -0.25) is 15.4 Å². The third-order valence-electron chi connectivity index (χ3n) is 7.78. The van der Waals surface area contributed by atoms with Crippen molar-refractivity contribution in [3.63, 3.8) is 0 Å². The van der Waals surface area contributed by atoms with Crippen molar-refractivity contribution in [2.24, 2.45) is 5.92 Å². The van der Waals surface area contributed by atoms with Crippen molar-refractivity contribution >= 4 is 35.3 Å². The van der Waals surface area contributed by atoms with E-state index in [9.17, 15) is 19.5 Å². The number of unbranched alkanes of at least 4 members (excludes halogenated alkanes) is 3. The third-order valence-corrected chi connectivity index (χ3v) is 9.45. The van der Waals surface area contributed by atoms with Crippen molar-refractivity contribution in [2.75, 3.05) is 18.8 Å². The Hall–Kier alpha value is -3.04. The molecule has 0 radical (unpaired) electrons. The molecule has 43 heavy (non-hydrogen) atoms. The zero-order valence-electron chi connectivity index (χ0n) is 26.1. The van der Waals surface area contributed by atoms with E-state index in [1.54, 1.807) is 32.5 Å². The quantitative estimate of drug-likeness (QED) is 0.120. The van der Waals surface area contributed by atoms with Crippen molar-refractivity contribution in [1.29, 1.82) is 0 Å². The van der Waals surface area contributed by atoms with Gasteiger partial charge in [0.1, 0.15) is 11.6 Å². The monoisotopic (exact) mass is 611 g/mol. The average Bonchev–Trinajstić information content (AvgIpc) is 3.37. The molecule has 1 fully saturated rings. The fourth-order valence-corrected chi connectivity index (χ4v) is 7.29. The van der Waals surface area contributed by atoms with E-state index in [1.807, 2.05) is 24.3 Å². The average molecular weight is 612 g/mol. The number of carboxylic acids is 1. The molecule has 236 valence electrons. The Bertz CT molecular complexity index is 1160. The standard InChI is InChI=1S/C34H49N3O5S/c1-6-8-10-14-21-35-29(36-32(41)42-33(3,4)5)30(38)37-24-34(43-22-9-7-2,23-28(37)31(39)40)27-19-17-26(18-20-27)25-15-12-11-13-16-25/h6,11-13,15-19,27-29,35H,1,7-10,14,20-24H2,2-5H3,(H,36,41)(H,39,40)/t27?,28-,29+,34-/m0/s1. The number of thioether (sulfide) groups is 1. The molecular formula is C34H49N3O5S. The Morgan fingerprint density at radius 1 is 1.21 bits per heavy atom. The van der Waals surface area contributed by atoms with Gasteiger partial charge in [0.2, 0.25) is 0 Å². The molecule has 8 nitrogen and oxygen atoms in total. The Labute approximate surface area is 261 Å². The Morgan fingerprint density at radius 2 is 1.95 bits per heavy atom. The summed E-state index contributed by atoms with van der Waals surface area (Å²) in [5.74, 6) is -0.550. The summed E-state index contributed by atoms with van der Waals surface area (Å²) in [4.78, 5) is 40.9. The number of nitrogens with zero attached hydrogens (tertiary/aromatic N) is 1. The minimum Gasteiger partial charge on any atom is -0.480 e. The van der Waals surface area contributed by atoms with E-state index in [0.29, 0.717) is 13.0 Å². The number of hydrogen-bond donors (Lipinski definition) is 3. The van der Waals surface area contributed by atoms with Crippen LogP contribution in [0.25, 0.3) is 5.57 Å². The lowest BCUT2D eigenvalue weighted by Crippen LogP contribution is -2.58. The van der Waals surface area contributed by atoms with Gasteiger partial charge in [-0.25, -0.2) is 9.59 Å². The summed E-state index contributed by atoms with van der Waals surface area (Å²) in [6.07, 6.45) is 12.2. The summed E-state index contributed by atoms with van der Waals surface area (Å²) >= 11 is 1.78. The van der Waals surface area contributed by atoms with Crippen molar-refractivity contribution in [2.45, 2.75) is 95.2 Å². The highest BCUT2D eigenvalue weighted by Crippen LogP contribution is 2.48. The SMILES string of the molecule is C=CCCCCN[C@H](NC(=O)OC(C)(C)C)C(=O)N1C[C@](SCCCC)(C2C=CC(c3ccccc3)=CC2)C[C@H]1C(=O)O. The van der Waals surface area contributed by atoms with Crippen molar-refractivity contribution < 1.29 is 24.2 Å². The van der Waals surface area contributed by atoms with E-state index >= 15 is 0 Å². The molecule has 3 N–H and O–H groups in total. The van der Waals surface area contributed by atoms with Crippen LogP contribution in [0.5, 0.6) is 0 Å². The van der Waals surface area contributed by atoms with E-state index in [-0.39, 0.29) is 12.5 Å². The molecule has 0 saturated carbocycles. The van der Waals surface area contributed by atoms with E-state index in [4.69, 9.17) is 4.74 Å². The molecule has 1 aromatic carbocycles. The molecule has 1 aliphatic heterocycles. The van der Waals surface area contributed by atoms with E-state index in [1.165, 1.54) is 4.90 Å². The van der Waals surface area contributed by atoms with Gasteiger partial charge in [0.15, 0.2) is 6.17 Å². The number of likely N-dealkylation sites (tertiary alicyclic amines) is 1. The molecule has 1 saturated heterocycles. The van der Waals surface area contributed by atoms with Gasteiger partial charge in [-0.2, -0.15) is 11.8 Å². The van der Waals surface area contributed by atoms with Crippen molar-refractivity contribution in [1.82, 2.24) is 15.5 Å². The summed E-state index contributed by atoms with van der Waals surface area (Å²) in [7, 11) is 0. The molecule has 4 atom stereocenters. The number of rotatable bonds is 15. The van der Waals surface area contributed by atoms with Gasteiger partial charge in [-0.1, -0.05) is 68.0 Å². The van der Waals surface area contributed by atoms with E-state index in [2.05, 4.69) is 54.5 Å². The first-order valence-corrected chi connectivity index (χ1v) is 16.4. The number of hydrogen-bond acceptors (Lipinski definition) is 6. The van der Waals surface area contributed by atoms with Gasteiger partial charge < -0.3 is 14.7 Å². The normalized spacial score (nSPS) is 22.5. The topological polar surface area (TPSA) is 108 Å². The van der Waals surface area contributed by atoms with Crippen LogP contribution in [-0.4, -0.2) is 69.4 Å². The molecular weight excluding hydrogens is 562 g/mol. The number of alkyl carbamates (subject to hydrolysis) is 1. The number of carboxylic acid groups (broad SMARTS) is 1. The largest absolute Gasteiger partial charge is 0.480 e. The first-order valence-electron chi connectivity index (χ1n) is 15.4. The van der Waals surface area contributed by atoms with Crippen LogP contribution in [0.2, 0.25) is 0 Å². The molecule has 2 amide bonds. The molecule has 2 aliphatic rings. The number of nitrogens with one attached hydrogen (secondary N) is 2. The number of allylic oxidation sites excluding steroid dienone is 5. The maximum atomic E-state index is 14.1. The van der Waals surface area contributed by atoms with Gasteiger partial charge in [0.05, 0.1) is 0 Å². The van der Waals surface area contributed by atoms with Crippen molar-refractivity contribution in [3.05, 3.63) is 66.8 Å². The first-order chi connectivity index (χ1) is 20.5. The van der Waals surface area contributed by atoms with E-state index < -0.39 is 40.5 Å². The fraction of sp³-hybridized carbons (Fsp3) is 0.559. The predicted molar refractivity (Wildman–Crippen MR) is 175 cm³/mol. The number of carbonyl (C=O) groups is 3. The van der Waals surface area contributed by atoms with Gasteiger partial charge in [0.25, 0.3) is 5.91 Å². The summed E-state index contributed by atoms with van der Waals surface area (Å²) in [6, 6.07) is 9.20. The van der Waals surface area contributed by atoms with Crippen molar-refractivity contribution in [3.8, 4) is 0 Å². The summed E-state index contributed by atoms with van der Waals surface area (Å²) in [6.45, 7) is 11.9. The van der Waals surface area contributed by atoms with Crippen LogP contribution in [0.1, 0.15) is 78.2 Å². The summed E-state index contributed by atoms with van der Waals surface area (Å²) in [5, 5.41) is 16.2. The second kappa shape index (κ2) is 16.1. The Kier molecular flexibility index (Phi) is 12.9. The zero-order valence-corrected chi connectivity index (χ0v) is 27.0. The minimum atomic E-state index is -1.11. The highest BCUT2D eigenvalue weighted by atomic mass is 32.2. The summed E-state index contributed by atoms with van der Waals surface area (Å²) < 4.78 is 4.97. The molecule has 0 aromatic heterocycles. The van der Waals surface area contributed by atoms with Crippen LogP contribution in [0.15, 0.2) is 61.2 Å². The molecule has 3 rings (SSSR count). The number of benzene rings is 1. The lowest BCUT2D eigenvalue weighted by molar-refractivity contribution is -0.149. The number of ether oxygens (including phenoxy) is 1. The number of carbonyl (C=O) groups excluding carboxylic acids is 2. The fourth-order valence-electron chi connectivity index (χ4n) is 5.56. The Balaban J connectivity index is 1.86. The van der Waals surface area contributed by atoms with Crippen LogP contribution < -0.4 is 10.6 Å². The third kappa shape index (κ3) is 10.00. The molecule has 1 heterocycles. The van der Waals surface area contributed by atoms with Gasteiger partial charge in [-0.15, -0.1) is 6.58 Å². The molecule has 1 aromatic rings. The molecule has 1 unspecified atom stereocenters. The molecule has 0 spiro atoms. The van der Waals surface area contributed by atoms with Crippen LogP contribution >= 0.6 is 11.8 Å². The van der Waals surface area contributed by atoms with Gasteiger partial charge in [0, 0.05) is 11.3 Å². The van der Waals surface area contributed by atoms with Crippen LogP contribution in [0, 0.1) is 5.92 Å². The minimum absolute atomic E-state index is 0.0607. The smallest absolute Gasteiger partial charge is 0.409 e. The second-order valence-corrected chi connectivity index (χ2v) is 13.8. The number of amides is 2. The predicted octanol–water partition coefficient (Wildman–Crippen LogP) is 6.40. The maximum Gasteiger partial charge on any atom is 0.409 e. The molecule has 9 heteroatoms. The highest BCUT2D eigenvalue weighted by Gasteiger charge is 2.53. The van der Waals surface area contributed by atoms with Crippen LogP contribution in [0.4, 0.5) is 4.79 Å². The first kappa shape index (κ1) is 34.5. The molecule has 1 aliphatic carbocycles. The lowest BCUT2D eigenvalue weighted by Gasteiger charge is -2.37. The van der Waals surface area contributed by atoms with Crippen LogP contribution in [-0.2, 0) is 14.3 Å².